The number of hydrogen-bond acceptors (Lipinski definition) is 3. The van der Waals surface area contributed by atoms with E-state index in [1.165, 1.54) is 12.3 Å². The Morgan fingerprint density at radius 3 is 2.92 bits per heavy atom. The molecule has 1 heterocycles. The maximum absolute atomic E-state index is 12.4. The Balaban J connectivity index is 2.33. The summed E-state index contributed by atoms with van der Waals surface area (Å²) in [6, 6.07) is 3.16. The van der Waals surface area contributed by atoms with Crippen LogP contribution < -0.4 is 11.1 Å². The van der Waals surface area contributed by atoms with Crippen molar-refractivity contribution in [3.05, 3.63) is 24.1 Å². The topological polar surface area (TPSA) is 50.9 Å². The Kier molecular flexibility index (Phi) is 3.64. The number of aromatic nitrogens is 1. The summed E-state index contributed by atoms with van der Waals surface area (Å²) in [5, 5.41) is 3.05. The zero-order valence-electron chi connectivity index (χ0n) is 7.63. The van der Waals surface area contributed by atoms with Crippen molar-refractivity contribution < 1.29 is 4.39 Å². The molecule has 1 atom stereocenters. The Morgan fingerprint density at radius 2 is 2.38 bits per heavy atom. The molecule has 0 radical (unpaired) electrons. The fourth-order valence-corrected chi connectivity index (χ4v) is 0.908. The van der Waals surface area contributed by atoms with Gasteiger partial charge in [0.2, 0.25) is 0 Å². The molecule has 0 bridgehead atoms. The van der Waals surface area contributed by atoms with Gasteiger partial charge in [-0.05, 0) is 25.5 Å². The Morgan fingerprint density at radius 1 is 1.62 bits per heavy atom. The second kappa shape index (κ2) is 4.77. The number of rotatable bonds is 4. The molecule has 0 spiro atoms. The van der Waals surface area contributed by atoms with Crippen LogP contribution in [-0.2, 0) is 0 Å². The molecule has 1 unspecified atom stereocenters. The molecular formula is C9H14FN3. The fraction of sp³-hybridized carbons (Fsp3) is 0.444. The average Bonchev–Trinajstić information content (AvgIpc) is 2.08. The maximum atomic E-state index is 12.4. The largest absolute Gasteiger partial charge is 0.370 e. The van der Waals surface area contributed by atoms with Crippen LogP contribution in [0.1, 0.15) is 13.3 Å². The lowest BCUT2D eigenvalue weighted by molar-refractivity contribution is 0.621. The van der Waals surface area contributed by atoms with E-state index >= 15 is 0 Å². The predicted molar refractivity (Wildman–Crippen MR) is 51.0 cm³/mol. The van der Waals surface area contributed by atoms with E-state index in [-0.39, 0.29) is 11.9 Å². The van der Waals surface area contributed by atoms with Gasteiger partial charge in [-0.3, -0.25) is 0 Å². The van der Waals surface area contributed by atoms with Crippen LogP contribution in [0.15, 0.2) is 18.3 Å². The van der Waals surface area contributed by atoms with Gasteiger partial charge in [-0.15, -0.1) is 0 Å². The molecule has 0 saturated carbocycles. The maximum Gasteiger partial charge on any atom is 0.141 e. The highest BCUT2D eigenvalue weighted by molar-refractivity contribution is 5.33. The smallest absolute Gasteiger partial charge is 0.141 e. The summed E-state index contributed by atoms with van der Waals surface area (Å²) in [5.41, 5.74) is 5.56. The highest BCUT2D eigenvalue weighted by Crippen LogP contribution is 2.03. The molecule has 0 saturated heterocycles. The van der Waals surface area contributed by atoms with Crippen LogP contribution in [0.5, 0.6) is 0 Å². The number of pyridine rings is 1. The third-order valence-corrected chi connectivity index (χ3v) is 1.63. The zero-order valence-corrected chi connectivity index (χ0v) is 7.63. The highest BCUT2D eigenvalue weighted by atomic mass is 19.1. The van der Waals surface area contributed by atoms with Crippen LogP contribution >= 0.6 is 0 Å². The number of nitrogens with one attached hydrogen (secondary N) is 1. The lowest BCUT2D eigenvalue weighted by Crippen LogP contribution is -2.19. The van der Waals surface area contributed by atoms with Crippen LogP contribution in [0, 0.1) is 5.82 Å². The number of hydrogen-bond donors (Lipinski definition) is 2. The summed E-state index contributed by atoms with van der Waals surface area (Å²) in [7, 11) is 0. The van der Waals surface area contributed by atoms with Crippen molar-refractivity contribution in [3.63, 3.8) is 0 Å². The molecule has 0 aliphatic rings. The van der Waals surface area contributed by atoms with Gasteiger partial charge in [0.1, 0.15) is 11.6 Å². The molecule has 0 aliphatic carbocycles. The van der Waals surface area contributed by atoms with Crippen LogP contribution in [0.3, 0.4) is 0 Å². The molecule has 1 aromatic heterocycles. The minimum absolute atomic E-state index is 0.174. The van der Waals surface area contributed by atoms with Gasteiger partial charge < -0.3 is 11.1 Å². The highest BCUT2D eigenvalue weighted by Gasteiger charge is 1.95. The van der Waals surface area contributed by atoms with Crippen LogP contribution in [0.4, 0.5) is 10.2 Å². The Labute approximate surface area is 77.2 Å². The first-order valence-corrected chi connectivity index (χ1v) is 4.29. The molecule has 0 amide bonds. The quantitative estimate of drug-likeness (QED) is 0.741. The number of nitrogens with two attached hydrogens (primary N) is 1. The van der Waals surface area contributed by atoms with E-state index in [0.717, 1.165) is 13.0 Å². The Hall–Kier alpha value is -1.16. The summed E-state index contributed by atoms with van der Waals surface area (Å²) in [6.07, 6.45) is 2.06. The van der Waals surface area contributed by atoms with Crippen molar-refractivity contribution in [1.82, 2.24) is 4.98 Å². The molecule has 3 nitrogen and oxygen atoms in total. The van der Waals surface area contributed by atoms with Crippen LogP contribution in [0.2, 0.25) is 0 Å². The third-order valence-electron chi connectivity index (χ3n) is 1.63. The van der Waals surface area contributed by atoms with E-state index in [0.29, 0.717) is 5.82 Å². The van der Waals surface area contributed by atoms with Crippen molar-refractivity contribution in [2.75, 3.05) is 11.9 Å². The molecular weight excluding hydrogens is 169 g/mol. The summed E-state index contributed by atoms with van der Waals surface area (Å²) >= 11 is 0. The number of anilines is 1. The van der Waals surface area contributed by atoms with Crippen molar-refractivity contribution in [2.24, 2.45) is 5.73 Å². The molecule has 72 valence electrons. The first-order valence-electron chi connectivity index (χ1n) is 4.29. The van der Waals surface area contributed by atoms with Gasteiger partial charge in [0.15, 0.2) is 0 Å². The average molecular weight is 183 g/mol. The molecule has 0 fully saturated rings. The van der Waals surface area contributed by atoms with Gasteiger partial charge in [0, 0.05) is 12.6 Å². The minimum Gasteiger partial charge on any atom is -0.370 e. The van der Waals surface area contributed by atoms with E-state index in [1.54, 1.807) is 6.07 Å². The second-order valence-corrected chi connectivity index (χ2v) is 3.05. The minimum atomic E-state index is -0.322. The lowest BCUT2D eigenvalue weighted by atomic mass is 10.2. The summed E-state index contributed by atoms with van der Waals surface area (Å²) in [5.74, 6) is 0.361. The standard InChI is InChI=1S/C9H14FN3/c1-7(11)4-5-12-9-3-2-8(10)6-13-9/h2-3,6-7H,4-5,11H2,1H3,(H,12,13). The summed E-state index contributed by atoms with van der Waals surface area (Å²) in [6.45, 7) is 2.70. The van der Waals surface area contributed by atoms with E-state index in [2.05, 4.69) is 10.3 Å². The molecule has 3 N–H and O–H groups in total. The first-order chi connectivity index (χ1) is 6.18. The summed E-state index contributed by atoms with van der Waals surface area (Å²) in [4.78, 5) is 3.85. The predicted octanol–water partition coefficient (Wildman–Crippen LogP) is 1.37. The van der Waals surface area contributed by atoms with Gasteiger partial charge in [0.05, 0.1) is 6.20 Å². The van der Waals surface area contributed by atoms with Crippen molar-refractivity contribution in [3.8, 4) is 0 Å². The van der Waals surface area contributed by atoms with Crippen molar-refractivity contribution >= 4 is 5.82 Å². The second-order valence-electron chi connectivity index (χ2n) is 3.05. The Bertz CT molecular complexity index is 246. The molecule has 4 heteroatoms. The lowest BCUT2D eigenvalue weighted by Gasteiger charge is -2.06. The molecule has 13 heavy (non-hydrogen) atoms. The van der Waals surface area contributed by atoms with Crippen LogP contribution in [-0.4, -0.2) is 17.6 Å². The van der Waals surface area contributed by atoms with Crippen molar-refractivity contribution in [1.29, 1.82) is 0 Å². The molecule has 1 rings (SSSR count). The third kappa shape index (κ3) is 3.85. The van der Waals surface area contributed by atoms with Crippen molar-refractivity contribution in [2.45, 2.75) is 19.4 Å². The normalized spacial score (nSPS) is 12.5. The van der Waals surface area contributed by atoms with E-state index in [9.17, 15) is 4.39 Å². The van der Waals surface area contributed by atoms with Gasteiger partial charge >= 0.3 is 0 Å². The van der Waals surface area contributed by atoms with Gasteiger partial charge in [-0.2, -0.15) is 0 Å². The molecule has 1 aromatic rings. The molecule has 0 aromatic carbocycles. The van der Waals surface area contributed by atoms with Gasteiger partial charge in [-0.25, -0.2) is 9.37 Å². The van der Waals surface area contributed by atoms with E-state index in [1.807, 2.05) is 6.92 Å². The number of halogens is 1. The van der Waals surface area contributed by atoms with E-state index in [4.69, 9.17) is 5.73 Å². The van der Waals surface area contributed by atoms with E-state index < -0.39 is 0 Å². The zero-order chi connectivity index (χ0) is 9.68. The summed E-state index contributed by atoms with van der Waals surface area (Å²) < 4.78 is 12.4. The number of nitrogens with zero attached hydrogens (tertiary/aromatic N) is 1. The monoisotopic (exact) mass is 183 g/mol. The molecule has 0 aliphatic heterocycles. The van der Waals surface area contributed by atoms with Gasteiger partial charge in [0.25, 0.3) is 0 Å². The van der Waals surface area contributed by atoms with Crippen LogP contribution in [0.25, 0.3) is 0 Å². The first kappa shape index (κ1) is 9.92. The SMILES string of the molecule is CC(N)CCNc1ccc(F)cn1. The van der Waals surface area contributed by atoms with Gasteiger partial charge in [-0.1, -0.05) is 0 Å². The fourth-order valence-electron chi connectivity index (χ4n) is 0.908.